The summed E-state index contributed by atoms with van der Waals surface area (Å²) >= 11 is 0. The first-order valence-electron chi connectivity index (χ1n) is 22.6. The van der Waals surface area contributed by atoms with Crippen LogP contribution in [0.4, 0.5) is 39.8 Å². The lowest BCUT2D eigenvalue weighted by Crippen LogP contribution is -2.56. The van der Waals surface area contributed by atoms with Crippen molar-refractivity contribution in [2.45, 2.75) is 115 Å². The molecular formula is C47H58F3N9O7. The van der Waals surface area contributed by atoms with Gasteiger partial charge in [-0.25, -0.2) is 14.6 Å². The van der Waals surface area contributed by atoms with E-state index in [1.54, 1.807) is 17.0 Å². The van der Waals surface area contributed by atoms with Crippen molar-refractivity contribution in [2.75, 3.05) is 42.8 Å². The number of amides is 4. The van der Waals surface area contributed by atoms with Gasteiger partial charge in [0.2, 0.25) is 11.8 Å². The number of carbonyl (C=O) groups is 4. The molecule has 5 heterocycles. The summed E-state index contributed by atoms with van der Waals surface area (Å²) in [5, 5.41) is 12.6. The monoisotopic (exact) mass is 917 g/mol. The van der Waals surface area contributed by atoms with Gasteiger partial charge in [-0.05, 0) is 110 Å². The van der Waals surface area contributed by atoms with Crippen LogP contribution in [0.1, 0.15) is 101 Å². The number of rotatable bonds is 12. The third kappa shape index (κ3) is 9.47. The molecule has 1 aromatic heterocycles. The lowest BCUT2D eigenvalue weighted by molar-refractivity contribution is -0.274. The summed E-state index contributed by atoms with van der Waals surface area (Å²) in [7, 11) is 2.53. The summed E-state index contributed by atoms with van der Waals surface area (Å²) in [6.45, 7) is 8.58. The number of alkyl halides is 3. The molecule has 3 fully saturated rings. The van der Waals surface area contributed by atoms with E-state index in [0.29, 0.717) is 31.0 Å². The molecule has 4 aromatic rings. The molecule has 3 aromatic carbocycles. The van der Waals surface area contributed by atoms with E-state index in [1.807, 2.05) is 50.8 Å². The smallest absolute Gasteiger partial charge is 0.453 e. The molecule has 66 heavy (non-hydrogen) atoms. The maximum absolute atomic E-state index is 13.9. The molecule has 0 aliphatic carbocycles. The predicted octanol–water partition coefficient (Wildman–Crippen LogP) is 8.12. The highest BCUT2D eigenvalue weighted by molar-refractivity contribution is 5.88. The molecule has 0 radical (unpaired) electrons. The molecule has 5 N–H and O–H groups in total. The second kappa shape index (κ2) is 18.8. The third-order valence-electron chi connectivity index (χ3n) is 13.3. The average molecular weight is 918 g/mol. The number of alkyl carbamates (subject to hydrolysis) is 2. The number of likely N-dealkylation sites (tertiary alicyclic amines) is 2. The second-order valence-electron chi connectivity index (χ2n) is 18.2. The van der Waals surface area contributed by atoms with Gasteiger partial charge in [0.15, 0.2) is 0 Å². The van der Waals surface area contributed by atoms with Crippen LogP contribution in [-0.2, 0) is 19.1 Å². The van der Waals surface area contributed by atoms with E-state index >= 15 is 0 Å². The van der Waals surface area contributed by atoms with Crippen LogP contribution in [0.5, 0.6) is 5.75 Å². The number of imidazole rings is 1. The van der Waals surface area contributed by atoms with E-state index in [2.05, 4.69) is 54.1 Å². The van der Waals surface area contributed by atoms with Gasteiger partial charge in [-0.15, -0.1) is 13.2 Å². The van der Waals surface area contributed by atoms with Gasteiger partial charge in [-0.2, -0.15) is 0 Å². The van der Waals surface area contributed by atoms with E-state index in [9.17, 15) is 32.3 Å². The summed E-state index contributed by atoms with van der Waals surface area (Å²) in [6.07, 6.45) is -1.94. The lowest BCUT2D eigenvalue weighted by Gasteiger charge is -2.34. The van der Waals surface area contributed by atoms with Gasteiger partial charge < -0.3 is 55.2 Å². The van der Waals surface area contributed by atoms with E-state index in [1.165, 1.54) is 26.4 Å². The van der Waals surface area contributed by atoms with Gasteiger partial charge in [0.05, 0.1) is 60.8 Å². The van der Waals surface area contributed by atoms with Gasteiger partial charge in [0.25, 0.3) is 0 Å². The van der Waals surface area contributed by atoms with E-state index in [-0.39, 0.29) is 59.7 Å². The average Bonchev–Trinajstić information content (AvgIpc) is 4.14. The van der Waals surface area contributed by atoms with Gasteiger partial charge in [-0.1, -0.05) is 39.8 Å². The summed E-state index contributed by atoms with van der Waals surface area (Å²) in [4.78, 5) is 66.2. The number of methoxy groups -OCH3 is 2. The standard InChI is InChI=1S/C47H58F3N9O7/c1-25(2)39(55-45(62)64-5)43(60)57-21-7-9-37(57)41-51-31-17-11-27(23-33(31)53-41)35-19-20-36(59(35)29-13-15-30(16-14-29)66-47(48,49)50)28-12-18-32-34(24-28)54-42(52-32)38-10-8-22-58(38)44(61)40(26(3)4)56-46(63)65-6/h11-18,23-26,35-41,51,53H,7-10,19-22H2,1-6H3,(H,52,54)(H,55,62)(H,56,63)/t35-,36-,37?,38+,39?,40+,41+/m1/s1. The zero-order valence-electron chi connectivity index (χ0n) is 37.9. The van der Waals surface area contributed by atoms with Crippen LogP contribution < -0.4 is 30.9 Å². The summed E-state index contributed by atoms with van der Waals surface area (Å²) in [6, 6.07) is 15.8. The van der Waals surface area contributed by atoms with Crippen molar-refractivity contribution in [1.82, 2.24) is 30.4 Å². The van der Waals surface area contributed by atoms with Crippen LogP contribution in [0.3, 0.4) is 0 Å². The Morgan fingerprint density at radius 1 is 0.712 bits per heavy atom. The minimum Gasteiger partial charge on any atom is -0.453 e. The van der Waals surface area contributed by atoms with E-state index < -0.39 is 30.6 Å². The Balaban J connectivity index is 1.05. The predicted molar refractivity (Wildman–Crippen MR) is 241 cm³/mol. The molecule has 354 valence electrons. The molecule has 0 saturated carbocycles. The fourth-order valence-electron chi connectivity index (χ4n) is 10.1. The highest BCUT2D eigenvalue weighted by atomic mass is 19.4. The molecule has 2 unspecified atom stereocenters. The number of fused-ring (bicyclic) bond motifs is 2. The first kappa shape index (κ1) is 46.1. The number of aromatic nitrogens is 2. The maximum Gasteiger partial charge on any atom is 0.573 e. The molecule has 3 saturated heterocycles. The van der Waals surface area contributed by atoms with Gasteiger partial charge >= 0.3 is 18.5 Å². The van der Waals surface area contributed by atoms with Crippen molar-refractivity contribution < 1.29 is 46.6 Å². The minimum atomic E-state index is -4.83. The number of benzene rings is 3. The number of ether oxygens (including phenoxy) is 3. The summed E-state index contributed by atoms with van der Waals surface area (Å²) in [5.74, 6) is -0.366. The van der Waals surface area contributed by atoms with Crippen molar-refractivity contribution in [3.05, 3.63) is 77.6 Å². The number of halogens is 3. The summed E-state index contributed by atoms with van der Waals surface area (Å²) < 4.78 is 53.5. The first-order valence-corrected chi connectivity index (χ1v) is 22.6. The zero-order chi connectivity index (χ0) is 47.0. The number of hydrogen-bond acceptors (Lipinski definition) is 11. The summed E-state index contributed by atoms with van der Waals surface area (Å²) in [5.41, 5.74) is 5.96. The maximum atomic E-state index is 13.9. The first-order chi connectivity index (χ1) is 31.5. The number of nitrogens with one attached hydrogen (secondary N) is 5. The van der Waals surface area contributed by atoms with Gasteiger partial charge in [0, 0.05) is 18.8 Å². The molecule has 4 aliphatic heterocycles. The van der Waals surface area contributed by atoms with Crippen LogP contribution in [0.2, 0.25) is 0 Å². The van der Waals surface area contributed by atoms with Crippen molar-refractivity contribution >= 4 is 52.1 Å². The number of nitrogens with zero attached hydrogens (tertiary/aromatic N) is 4. The Labute approximate surface area is 381 Å². The largest absolute Gasteiger partial charge is 0.573 e. The van der Waals surface area contributed by atoms with Crippen molar-refractivity contribution in [1.29, 1.82) is 0 Å². The molecule has 0 spiro atoms. The van der Waals surface area contributed by atoms with Crippen LogP contribution in [-0.4, -0.2) is 102 Å². The topological polar surface area (TPSA) is 182 Å². The van der Waals surface area contributed by atoms with E-state index in [0.717, 1.165) is 65.6 Å². The lowest BCUT2D eigenvalue weighted by atomic mass is 10.0. The van der Waals surface area contributed by atoms with Crippen LogP contribution >= 0.6 is 0 Å². The fraction of sp³-hybridized carbons (Fsp3) is 0.511. The van der Waals surface area contributed by atoms with E-state index in [4.69, 9.17) is 14.5 Å². The molecule has 0 bridgehead atoms. The van der Waals surface area contributed by atoms with Crippen LogP contribution in [0.15, 0.2) is 60.7 Å². The van der Waals surface area contributed by atoms with Crippen molar-refractivity contribution in [2.24, 2.45) is 11.8 Å². The zero-order valence-corrected chi connectivity index (χ0v) is 37.9. The highest BCUT2D eigenvalue weighted by Gasteiger charge is 2.43. The Kier molecular flexibility index (Phi) is 13.2. The number of anilines is 3. The second-order valence-corrected chi connectivity index (χ2v) is 18.2. The van der Waals surface area contributed by atoms with Gasteiger partial charge in [-0.3, -0.25) is 9.59 Å². The SMILES string of the molecule is COC(=O)NC(C(=O)N1CCCC1[C@H]1Nc2ccc([C@H]3CC[C@H](c4ccc5nc([C@@H]6CCCN6C(=O)[C@@H](NC(=O)OC)C(C)C)[nH]c5c4)N3c3ccc(OC(F)(F)F)cc3)cc2N1)C(C)C. The molecule has 19 heteroatoms. The Morgan fingerprint density at radius 2 is 1.29 bits per heavy atom. The minimum absolute atomic E-state index is 0.158. The number of aromatic amines is 1. The number of carbonyl (C=O) groups excluding carboxylic acids is 4. The Morgan fingerprint density at radius 3 is 1.91 bits per heavy atom. The Bertz CT molecular complexity index is 2430. The normalized spacial score (nSPS) is 22.5. The fourth-order valence-corrected chi connectivity index (χ4v) is 10.1. The number of H-pyrrole nitrogens is 1. The quantitative estimate of drug-likeness (QED) is 0.0926. The Hall–Kier alpha value is -6.40. The van der Waals surface area contributed by atoms with Gasteiger partial charge in [0.1, 0.15) is 29.8 Å². The molecule has 16 nitrogen and oxygen atoms in total. The highest BCUT2D eigenvalue weighted by Crippen LogP contribution is 2.49. The molecule has 4 aliphatic rings. The molecule has 4 amide bonds. The van der Waals surface area contributed by atoms with Crippen molar-refractivity contribution in [3.8, 4) is 5.75 Å². The van der Waals surface area contributed by atoms with Crippen LogP contribution in [0.25, 0.3) is 11.0 Å². The van der Waals surface area contributed by atoms with Crippen molar-refractivity contribution in [3.63, 3.8) is 0 Å². The van der Waals surface area contributed by atoms with Crippen LogP contribution in [0, 0.1) is 11.8 Å². The molecule has 7 atom stereocenters. The molecule has 8 rings (SSSR count). The third-order valence-corrected chi connectivity index (χ3v) is 13.3. The number of hydrogen-bond donors (Lipinski definition) is 5. The molecular weight excluding hydrogens is 860 g/mol.